The second-order valence-electron chi connectivity index (χ2n) is 9.56. The van der Waals surface area contributed by atoms with Gasteiger partial charge in [0.1, 0.15) is 5.75 Å². The number of allylic oxidation sites excluding steroid dienone is 1. The second kappa shape index (κ2) is 9.90. The van der Waals surface area contributed by atoms with Gasteiger partial charge >= 0.3 is 0 Å². The lowest BCUT2D eigenvalue weighted by molar-refractivity contribution is -0.0257. The summed E-state index contributed by atoms with van der Waals surface area (Å²) in [6.07, 6.45) is 4.08. The van der Waals surface area contributed by atoms with Crippen LogP contribution in [0.4, 0.5) is 0 Å². The number of rotatable bonds is 11. The zero-order valence-corrected chi connectivity index (χ0v) is 19.7. The molecule has 0 aliphatic carbocycles. The molecule has 1 atom stereocenters. The molecule has 0 aromatic heterocycles. The highest BCUT2D eigenvalue weighted by Crippen LogP contribution is 2.40. The second-order valence-corrected chi connectivity index (χ2v) is 14.3. The van der Waals surface area contributed by atoms with E-state index in [1.54, 1.807) is 7.11 Å². The molecule has 0 bridgehead atoms. The summed E-state index contributed by atoms with van der Waals surface area (Å²) in [5, 5.41) is 0.194. The van der Waals surface area contributed by atoms with Crippen LogP contribution in [0.5, 0.6) is 5.75 Å². The number of methoxy groups -OCH3 is 1. The Labute approximate surface area is 168 Å². The van der Waals surface area contributed by atoms with Crippen molar-refractivity contribution in [3.05, 3.63) is 42.5 Å². The Morgan fingerprint density at radius 2 is 1.67 bits per heavy atom. The largest absolute Gasteiger partial charge is 0.497 e. The molecule has 0 unspecified atom stereocenters. The predicted octanol–water partition coefficient (Wildman–Crippen LogP) is 6.59. The minimum atomic E-state index is -1.85. The highest BCUT2D eigenvalue weighted by Gasteiger charge is 2.42. The molecule has 0 saturated carbocycles. The molecule has 3 nitrogen and oxygen atoms in total. The Bertz CT molecular complexity index is 570. The summed E-state index contributed by atoms with van der Waals surface area (Å²) in [5.41, 5.74) is 1.09. The zero-order chi connectivity index (χ0) is 20.7. The van der Waals surface area contributed by atoms with E-state index < -0.39 is 8.32 Å². The van der Waals surface area contributed by atoms with E-state index in [1.165, 1.54) is 0 Å². The molecule has 27 heavy (non-hydrogen) atoms. The van der Waals surface area contributed by atoms with Crippen molar-refractivity contribution in [3.8, 4) is 5.75 Å². The van der Waals surface area contributed by atoms with E-state index in [-0.39, 0.29) is 16.6 Å². The molecule has 0 spiro atoms. The summed E-state index contributed by atoms with van der Waals surface area (Å²) in [4.78, 5) is 0. The Balaban J connectivity index is 2.75. The van der Waals surface area contributed by atoms with Gasteiger partial charge in [-0.25, -0.2) is 0 Å². The van der Waals surface area contributed by atoms with Crippen molar-refractivity contribution in [2.75, 3.05) is 13.7 Å². The lowest BCUT2D eigenvalue weighted by Gasteiger charge is -2.44. The number of hydrogen-bond donors (Lipinski definition) is 0. The summed E-state index contributed by atoms with van der Waals surface area (Å²) >= 11 is 0. The maximum absolute atomic E-state index is 6.80. The van der Waals surface area contributed by atoms with Crippen molar-refractivity contribution in [1.29, 1.82) is 0 Å². The minimum Gasteiger partial charge on any atom is -0.497 e. The first kappa shape index (κ1) is 23.9. The van der Waals surface area contributed by atoms with Gasteiger partial charge in [0, 0.05) is 5.41 Å². The third-order valence-electron chi connectivity index (χ3n) is 5.65. The quantitative estimate of drug-likeness (QED) is 0.314. The molecule has 0 saturated heterocycles. The first-order chi connectivity index (χ1) is 12.4. The van der Waals surface area contributed by atoms with Gasteiger partial charge in [-0.05, 0) is 48.7 Å². The third-order valence-corrected chi connectivity index (χ3v) is 10.1. The van der Waals surface area contributed by atoms with Crippen LogP contribution in [0.1, 0.15) is 53.0 Å². The maximum atomic E-state index is 6.80. The van der Waals surface area contributed by atoms with Crippen LogP contribution in [0.25, 0.3) is 0 Å². The van der Waals surface area contributed by atoms with E-state index in [9.17, 15) is 0 Å². The lowest BCUT2D eigenvalue weighted by Crippen LogP contribution is -2.49. The molecular weight excluding hydrogens is 352 g/mol. The van der Waals surface area contributed by atoms with Crippen LogP contribution in [0.3, 0.4) is 0 Å². The predicted molar refractivity (Wildman–Crippen MR) is 118 cm³/mol. The summed E-state index contributed by atoms with van der Waals surface area (Å²) in [6, 6.07) is 8.04. The van der Waals surface area contributed by atoms with Gasteiger partial charge < -0.3 is 13.9 Å². The van der Waals surface area contributed by atoms with Gasteiger partial charge in [0.2, 0.25) is 0 Å². The van der Waals surface area contributed by atoms with Crippen LogP contribution in [-0.4, -0.2) is 28.1 Å². The fourth-order valence-electron chi connectivity index (χ4n) is 2.66. The summed E-state index contributed by atoms with van der Waals surface area (Å²) < 4.78 is 18.1. The van der Waals surface area contributed by atoms with Crippen LogP contribution in [-0.2, 0) is 15.8 Å². The van der Waals surface area contributed by atoms with Crippen molar-refractivity contribution in [2.24, 2.45) is 5.41 Å². The Morgan fingerprint density at radius 3 is 2.15 bits per heavy atom. The molecule has 0 radical (unpaired) electrons. The third kappa shape index (κ3) is 7.44. The van der Waals surface area contributed by atoms with Crippen molar-refractivity contribution >= 4 is 8.32 Å². The van der Waals surface area contributed by atoms with Gasteiger partial charge in [-0.2, -0.15) is 0 Å². The standard InChI is InChI=1S/C23H40O3Si/c1-10-11-12-21(26-27(8,9)22(2,3)4)23(5,6)18-25-17-19-13-15-20(24-7)16-14-19/h10,13-16,21H,1,11-12,17-18H2,2-9H3/t21-/m0/s1. The molecular formula is C23H40O3Si. The summed E-state index contributed by atoms with van der Waals surface area (Å²) in [7, 11) is -0.165. The van der Waals surface area contributed by atoms with Gasteiger partial charge in [0.05, 0.1) is 26.4 Å². The lowest BCUT2D eigenvalue weighted by atomic mass is 9.85. The molecule has 1 aromatic carbocycles. The monoisotopic (exact) mass is 392 g/mol. The Kier molecular flexibility index (Phi) is 8.78. The minimum absolute atomic E-state index is 0.0645. The van der Waals surface area contributed by atoms with E-state index >= 15 is 0 Å². The molecule has 154 valence electrons. The average Bonchev–Trinajstić information content (AvgIpc) is 2.58. The van der Waals surface area contributed by atoms with E-state index in [0.29, 0.717) is 13.2 Å². The van der Waals surface area contributed by atoms with Gasteiger partial charge in [0.25, 0.3) is 0 Å². The first-order valence-corrected chi connectivity index (χ1v) is 12.8. The van der Waals surface area contributed by atoms with E-state index in [1.807, 2.05) is 30.3 Å². The Morgan fingerprint density at radius 1 is 1.07 bits per heavy atom. The first-order valence-electron chi connectivity index (χ1n) is 9.92. The van der Waals surface area contributed by atoms with E-state index in [2.05, 4.69) is 54.3 Å². The zero-order valence-electron chi connectivity index (χ0n) is 18.7. The molecule has 0 amide bonds. The van der Waals surface area contributed by atoms with Crippen molar-refractivity contribution in [3.63, 3.8) is 0 Å². The van der Waals surface area contributed by atoms with Gasteiger partial charge in [-0.1, -0.05) is 52.8 Å². The molecule has 1 rings (SSSR count). The van der Waals surface area contributed by atoms with Crippen LogP contribution >= 0.6 is 0 Å². The van der Waals surface area contributed by atoms with Crippen molar-refractivity contribution in [1.82, 2.24) is 0 Å². The summed E-state index contributed by atoms with van der Waals surface area (Å²) in [5.74, 6) is 0.867. The molecule has 1 aromatic rings. The van der Waals surface area contributed by atoms with E-state index in [4.69, 9.17) is 13.9 Å². The van der Waals surface area contributed by atoms with Crippen LogP contribution in [0.15, 0.2) is 36.9 Å². The molecule has 4 heteroatoms. The van der Waals surface area contributed by atoms with Gasteiger partial charge in [0.15, 0.2) is 8.32 Å². The molecule has 0 aliphatic rings. The molecule has 0 heterocycles. The van der Waals surface area contributed by atoms with Crippen LogP contribution < -0.4 is 4.74 Å². The maximum Gasteiger partial charge on any atom is 0.192 e. The highest BCUT2D eigenvalue weighted by atomic mass is 28.4. The fourth-order valence-corrected chi connectivity index (χ4v) is 4.16. The van der Waals surface area contributed by atoms with Crippen LogP contribution in [0.2, 0.25) is 18.1 Å². The van der Waals surface area contributed by atoms with Gasteiger partial charge in [-0.15, -0.1) is 6.58 Å². The molecule has 0 N–H and O–H groups in total. The molecule has 0 fully saturated rings. The summed E-state index contributed by atoms with van der Waals surface area (Å²) in [6.45, 7) is 21.2. The van der Waals surface area contributed by atoms with Crippen molar-refractivity contribution < 1.29 is 13.9 Å². The number of benzene rings is 1. The van der Waals surface area contributed by atoms with Gasteiger partial charge in [-0.3, -0.25) is 0 Å². The Hall–Kier alpha value is -1.10. The number of ether oxygens (including phenoxy) is 2. The SMILES string of the molecule is C=CCC[C@H](O[Si](C)(C)C(C)(C)C)C(C)(C)COCc1ccc(OC)cc1. The van der Waals surface area contributed by atoms with Crippen molar-refractivity contribution in [2.45, 2.75) is 78.3 Å². The van der Waals surface area contributed by atoms with Crippen LogP contribution in [0, 0.1) is 5.41 Å². The smallest absolute Gasteiger partial charge is 0.192 e. The fraction of sp³-hybridized carbons (Fsp3) is 0.652. The topological polar surface area (TPSA) is 27.7 Å². The number of hydrogen-bond acceptors (Lipinski definition) is 3. The van der Waals surface area contributed by atoms with E-state index in [0.717, 1.165) is 24.2 Å². The highest BCUT2D eigenvalue weighted by molar-refractivity contribution is 6.74. The molecule has 0 aliphatic heterocycles. The average molecular weight is 393 g/mol. The normalized spacial score (nSPS) is 14.1.